The highest BCUT2D eigenvalue weighted by molar-refractivity contribution is 6.07. The molecule has 2 aromatic carbocycles. The standard InChI is InChI=1S/C15H12FNO/c16-13-8-5-12(6-9-13)15(18)10-7-11-3-1-2-4-14(11)17/h1-10H,17H2/b10-7+. The van der Waals surface area contributed by atoms with Crippen LogP contribution < -0.4 is 5.73 Å². The minimum atomic E-state index is -0.358. The molecule has 0 aliphatic rings. The molecule has 0 aromatic heterocycles. The first-order valence-electron chi connectivity index (χ1n) is 5.49. The van der Waals surface area contributed by atoms with Gasteiger partial charge in [-0.05, 0) is 48.0 Å². The lowest BCUT2D eigenvalue weighted by molar-refractivity contribution is 0.104. The van der Waals surface area contributed by atoms with E-state index in [4.69, 9.17) is 5.73 Å². The van der Waals surface area contributed by atoms with Crippen molar-refractivity contribution in [1.82, 2.24) is 0 Å². The van der Waals surface area contributed by atoms with Crippen LogP contribution in [0, 0.1) is 5.82 Å². The van der Waals surface area contributed by atoms with E-state index in [0.717, 1.165) is 5.56 Å². The smallest absolute Gasteiger partial charge is 0.185 e. The number of nitrogen functional groups attached to an aromatic ring is 1. The third kappa shape index (κ3) is 2.83. The SMILES string of the molecule is Nc1ccccc1/C=C/C(=O)c1ccc(F)cc1. The maximum atomic E-state index is 12.7. The number of carbonyl (C=O) groups excluding carboxylic acids is 1. The first-order valence-corrected chi connectivity index (χ1v) is 5.49. The van der Waals surface area contributed by atoms with Gasteiger partial charge in [-0.2, -0.15) is 0 Å². The Morgan fingerprint density at radius 2 is 1.72 bits per heavy atom. The number of halogens is 1. The van der Waals surface area contributed by atoms with Crippen molar-refractivity contribution in [2.75, 3.05) is 5.73 Å². The number of allylic oxidation sites excluding steroid dienone is 1. The minimum absolute atomic E-state index is 0.182. The molecule has 0 fully saturated rings. The van der Waals surface area contributed by atoms with Crippen molar-refractivity contribution in [3.8, 4) is 0 Å². The monoisotopic (exact) mass is 241 g/mol. The number of carbonyl (C=O) groups is 1. The molecule has 0 radical (unpaired) electrons. The minimum Gasteiger partial charge on any atom is -0.398 e. The zero-order valence-corrected chi connectivity index (χ0v) is 9.64. The number of ketones is 1. The Bertz CT molecular complexity index is 588. The van der Waals surface area contributed by atoms with Crippen molar-refractivity contribution >= 4 is 17.5 Å². The number of anilines is 1. The van der Waals surface area contributed by atoms with Gasteiger partial charge in [0, 0.05) is 11.3 Å². The van der Waals surface area contributed by atoms with E-state index in [2.05, 4.69) is 0 Å². The fraction of sp³-hybridized carbons (Fsp3) is 0. The highest BCUT2D eigenvalue weighted by Gasteiger charge is 2.01. The summed E-state index contributed by atoms with van der Waals surface area (Å²) in [6.07, 6.45) is 3.08. The van der Waals surface area contributed by atoms with Gasteiger partial charge < -0.3 is 5.73 Å². The second-order valence-electron chi connectivity index (χ2n) is 3.83. The zero-order chi connectivity index (χ0) is 13.0. The van der Waals surface area contributed by atoms with Crippen LogP contribution >= 0.6 is 0 Å². The molecule has 0 amide bonds. The molecule has 2 rings (SSSR count). The maximum absolute atomic E-state index is 12.7. The second-order valence-corrected chi connectivity index (χ2v) is 3.83. The molecule has 3 heteroatoms. The van der Waals surface area contributed by atoms with E-state index in [0.29, 0.717) is 11.3 Å². The summed E-state index contributed by atoms with van der Waals surface area (Å²) >= 11 is 0. The lowest BCUT2D eigenvalue weighted by atomic mass is 10.1. The number of rotatable bonds is 3. The van der Waals surface area contributed by atoms with E-state index >= 15 is 0 Å². The summed E-state index contributed by atoms with van der Waals surface area (Å²) in [6, 6.07) is 12.7. The molecule has 0 bridgehead atoms. The van der Waals surface area contributed by atoms with Gasteiger partial charge in [-0.3, -0.25) is 4.79 Å². The summed E-state index contributed by atoms with van der Waals surface area (Å²) in [7, 11) is 0. The Kier molecular flexibility index (Phi) is 3.53. The number of benzene rings is 2. The van der Waals surface area contributed by atoms with Gasteiger partial charge in [0.15, 0.2) is 5.78 Å². The van der Waals surface area contributed by atoms with Crippen molar-refractivity contribution in [2.45, 2.75) is 0 Å². The number of nitrogens with two attached hydrogens (primary N) is 1. The quantitative estimate of drug-likeness (QED) is 0.509. The average Bonchev–Trinajstić information content (AvgIpc) is 2.38. The normalized spacial score (nSPS) is 10.7. The van der Waals surface area contributed by atoms with Crippen LogP contribution in [0.2, 0.25) is 0 Å². The van der Waals surface area contributed by atoms with E-state index in [-0.39, 0.29) is 11.6 Å². The predicted octanol–water partition coefficient (Wildman–Crippen LogP) is 3.30. The van der Waals surface area contributed by atoms with E-state index in [1.54, 1.807) is 12.1 Å². The molecule has 0 saturated heterocycles. The Morgan fingerprint density at radius 1 is 1.06 bits per heavy atom. The molecule has 2 aromatic rings. The Morgan fingerprint density at radius 3 is 2.39 bits per heavy atom. The molecule has 0 aliphatic carbocycles. The van der Waals surface area contributed by atoms with Gasteiger partial charge in [0.2, 0.25) is 0 Å². The van der Waals surface area contributed by atoms with Crippen molar-refractivity contribution in [1.29, 1.82) is 0 Å². The number of hydrogen-bond acceptors (Lipinski definition) is 2. The van der Waals surface area contributed by atoms with Crippen molar-refractivity contribution in [3.63, 3.8) is 0 Å². The van der Waals surface area contributed by atoms with Gasteiger partial charge >= 0.3 is 0 Å². The fourth-order valence-electron chi connectivity index (χ4n) is 1.54. The Labute approximate surface area is 105 Å². The molecule has 2 N–H and O–H groups in total. The highest BCUT2D eigenvalue weighted by atomic mass is 19.1. The molecular formula is C15H12FNO. The van der Waals surface area contributed by atoms with Crippen LogP contribution in [0.3, 0.4) is 0 Å². The molecular weight excluding hydrogens is 229 g/mol. The van der Waals surface area contributed by atoms with E-state index in [9.17, 15) is 9.18 Å². The van der Waals surface area contributed by atoms with Crippen molar-refractivity contribution in [2.24, 2.45) is 0 Å². The summed E-state index contributed by atoms with van der Waals surface area (Å²) < 4.78 is 12.7. The second kappa shape index (κ2) is 5.27. The third-order valence-electron chi connectivity index (χ3n) is 2.54. The van der Waals surface area contributed by atoms with Crippen molar-refractivity contribution in [3.05, 3.63) is 71.6 Å². The summed E-state index contributed by atoms with van der Waals surface area (Å²) in [5, 5.41) is 0. The Hall–Kier alpha value is -2.42. The van der Waals surface area contributed by atoms with Crippen LogP contribution in [0.25, 0.3) is 6.08 Å². The average molecular weight is 241 g/mol. The molecule has 18 heavy (non-hydrogen) atoms. The topological polar surface area (TPSA) is 43.1 Å². The summed E-state index contributed by atoms with van der Waals surface area (Å²) in [6.45, 7) is 0. The van der Waals surface area contributed by atoms with Crippen LogP contribution in [0.1, 0.15) is 15.9 Å². The van der Waals surface area contributed by atoms with Crippen LogP contribution in [0.4, 0.5) is 10.1 Å². The van der Waals surface area contributed by atoms with E-state index < -0.39 is 0 Å². The number of hydrogen-bond donors (Lipinski definition) is 1. The number of para-hydroxylation sites is 1. The highest BCUT2D eigenvalue weighted by Crippen LogP contribution is 2.13. The molecule has 0 spiro atoms. The van der Waals surface area contributed by atoms with Crippen molar-refractivity contribution < 1.29 is 9.18 Å². The van der Waals surface area contributed by atoms with Gasteiger partial charge in [-0.1, -0.05) is 18.2 Å². The first-order chi connectivity index (χ1) is 8.66. The first kappa shape index (κ1) is 12.0. The largest absolute Gasteiger partial charge is 0.398 e. The van der Waals surface area contributed by atoms with Crippen LogP contribution in [-0.2, 0) is 0 Å². The summed E-state index contributed by atoms with van der Waals surface area (Å²) in [5.74, 6) is -0.541. The molecule has 0 heterocycles. The lowest BCUT2D eigenvalue weighted by Gasteiger charge is -1.99. The molecule has 0 atom stereocenters. The predicted molar refractivity (Wildman–Crippen MR) is 70.6 cm³/mol. The molecule has 0 saturated carbocycles. The maximum Gasteiger partial charge on any atom is 0.185 e. The van der Waals surface area contributed by atoms with Gasteiger partial charge in [0.25, 0.3) is 0 Å². The van der Waals surface area contributed by atoms with E-state index in [1.165, 1.54) is 30.3 Å². The zero-order valence-electron chi connectivity index (χ0n) is 9.64. The Balaban J connectivity index is 2.17. The van der Waals surface area contributed by atoms with Gasteiger partial charge in [-0.25, -0.2) is 4.39 Å². The lowest BCUT2D eigenvalue weighted by Crippen LogP contribution is -1.94. The molecule has 0 aliphatic heterocycles. The van der Waals surface area contributed by atoms with Crippen LogP contribution in [-0.4, -0.2) is 5.78 Å². The molecule has 2 nitrogen and oxygen atoms in total. The summed E-state index contributed by atoms with van der Waals surface area (Å²) in [5.41, 5.74) is 7.60. The third-order valence-corrected chi connectivity index (χ3v) is 2.54. The van der Waals surface area contributed by atoms with Crippen LogP contribution in [0.15, 0.2) is 54.6 Å². The fourth-order valence-corrected chi connectivity index (χ4v) is 1.54. The molecule has 90 valence electrons. The van der Waals surface area contributed by atoms with E-state index in [1.807, 2.05) is 18.2 Å². The van der Waals surface area contributed by atoms with Crippen LogP contribution in [0.5, 0.6) is 0 Å². The van der Waals surface area contributed by atoms with Gasteiger partial charge in [-0.15, -0.1) is 0 Å². The summed E-state index contributed by atoms with van der Waals surface area (Å²) in [4.78, 5) is 11.8. The van der Waals surface area contributed by atoms with Gasteiger partial charge in [0.05, 0.1) is 0 Å². The van der Waals surface area contributed by atoms with Gasteiger partial charge in [0.1, 0.15) is 5.82 Å². The molecule has 0 unspecified atom stereocenters.